The summed E-state index contributed by atoms with van der Waals surface area (Å²) in [5, 5.41) is 0. The van der Waals surface area contributed by atoms with Crippen LogP contribution < -0.4 is 9.47 Å². The van der Waals surface area contributed by atoms with Gasteiger partial charge in [-0.15, -0.1) is 0 Å². The zero-order valence-corrected chi connectivity index (χ0v) is 9.83. The average molecular weight is 304 g/mol. The van der Waals surface area contributed by atoms with Gasteiger partial charge in [0.25, 0.3) is 0 Å². The van der Waals surface area contributed by atoms with E-state index in [1.165, 1.54) is 0 Å². The molecule has 0 N–H and O–H groups in total. The Bertz CT molecular complexity index is 387. The molecule has 0 atom stereocenters. The van der Waals surface area contributed by atoms with E-state index in [-0.39, 0.29) is 5.78 Å². The van der Waals surface area contributed by atoms with Gasteiger partial charge in [0.05, 0.1) is 22.9 Å². The number of ether oxygens (including phenoxy) is 2. The summed E-state index contributed by atoms with van der Waals surface area (Å²) in [6, 6.07) is 3.59. The van der Waals surface area contributed by atoms with E-state index in [0.29, 0.717) is 30.1 Å². The van der Waals surface area contributed by atoms with Crippen molar-refractivity contribution in [3.05, 3.63) is 21.3 Å². The lowest BCUT2D eigenvalue weighted by molar-refractivity contribution is 0.0932. The van der Waals surface area contributed by atoms with E-state index in [1.54, 1.807) is 13.2 Å². The zero-order valence-electron chi connectivity index (χ0n) is 7.67. The lowest BCUT2D eigenvalue weighted by atomic mass is 10.1. The van der Waals surface area contributed by atoms with Crippen molar-refractivity contribution in [1.82, 2.24) is 0 Å². The number of carbonyl (C=O) groups is 1. The van der Waals surface area contributed by atoms with Crippen LogP contribution in [0.2, 0.25) is 0 Å². The summed E-state index contributed by atoms with van der Waals surface area (Å²) in [5.41, 5.74) is 0.639. The SMILES string of the molecule is COc1cc(I)c2c(c1)C(=O)CCO2. The van der Waals surface area contributed by atoms with Crippen LogP contribution in [-0.4, -0.2) is 19.5 Å². The second kappa shape index (κ2) is 3.76. The Morgan fingerprint density at radius 2 is 2.29 bits per heavy atom. The van der Waals surface area contributed by atoms with Crippen molar-refractivity contribution < 1.29 is 14.3 Å². The predicted molar refractivity (Wildman–Crippen MR) is 60.2 cm³/mol. The number of rotatable bonds is 1. The monoisotopic (exact) mass is 304 g/mol. The topological polar surface area (TPSA) is 35.5 Å². The number of methoxy groups -OCH3 is 1. The molecule has 14 heavy (non-hydrogen) atoms. The van der Waals surface area contributed by atoms with Gasteiger partial charge in [-0.1, -0.05) is 0 Å². The normalized spacial score (nSPS) is 14.6. The number of hydrogen-bond donors (Lipinski definition) is 0. The Balaban J connectivity index is 2.57. The number of carbonyl (C=O) groups excluding carboxylic acids is 1. The molecule has 1 aliphatic heterocycles. The first kappa shape index (κ1) is 9.76. The highest BCUT2D eigenvalue weighted by Crippen LogP contribution is 2.33. The van der Waals surface area contributed by atoms with Gasteiger partial charge in [0.2, 0.25) is 0 Å². The second-order valence-electron chi connectivity index (χ2n) is 3.01. The molecule has 0 radical (unpaired) electrons. The van der Waals surface area contributed by atoms with Gasteiger partial charge in [-0.2, -0.15) is 0 Å². The van der Waals surface area contributed by atoms with Crippen molar-refractivity contribution in [1.29, 1.82) is 0 Å². The van der Waals surface area contributed by atoms with Gasteiger partial charge in [0.15, 0.2) is 5.78 Å². The average Bonchev–Trinajstić information content (AvgIpc) is 2.19. The summed E-state index contributed by atoms with van der Waals surface area (Å²) < 4.78 is 11.5. The molecule has 74 valence electrons. The van der Waals surface area contributed by atoms with Gasteiger partial charge in [-0.05, 0) is 34.7 Å². The van der Waals surface area contributed by atoms with E-state index in [1.807, 2.05) is 6.07 Å². The minimum Gasteiger partial charge on any atom is -0.497 e. The summed E-state index contributed by atoms with van der Waals surface area (Å²) >= 11 is 2.14. The summed E-state index contributed by atoms with van der Waals surface area (Å²) in [5.74, 6) is 1.53. The van der Waals surface area contributed by atoms with Crippen molar-refractivity contribution in [2.45, 2.75) is 6.42 Å². The molecule has 0 unspecified atom stereocenters. The zero-order chi connectivity index (χ0) is 10.1. The highest BCUT2D eigenvalue weighted by atomic mass is 127. The first-order chi connectivity index (χ1) is 6.72. The number of fused-ring (bicyclic) bond motifs is 1. The third-order valence-electron chi connectivity index (χ3n) is 2.13. The Morgan fingerprint density at radius 1 is 1.50 bits per heavy atom. The Hall–Kier alpha value is -0.780. The van der Waals surface area contributed by atoms with Crippen molar-refractivity contribution >= 4 is 28.4 Å². The van der Waals surface area contributed by atoms with Crippen LogP contribution in [0.5, 0.6) is 11.5 Å². The molecule has 1 heterocycles. The highest BCUT2D eigenvalue weighted by molar-refractivity contribution is 14.1. The van der Waals surface area contributed by atoms with Crippen molar-refractivity contribution in [3.8, 4) is 11.5 Å². The third-order valence-corrected chi connectivity index (χ3v) is 2.93. The Kier molecular flexibility index (Phi) is 2.62. The summed E-state index contributed by atoms with van der Waals surface area (Å²) in [6.45, 7) is 0.480. The van der Waals surface area contributed by atoms with Crippen LogP contribution in [0, 0.1) is 3.57 Å². The van der Waals surface area contributed by atoms with Crippen LogP contribution in [0.4, 0.5) is 0 Å². The number of ketones is 1. The molecule has 4 heteroatoms. The molecule has 0 spiro atoms. The maximum atomic E-state index is 11.6. The molecule has 0 aliphatic carbocycles. The smallest absolute Gasteiger partial charge is 0.170 e. The van der Waals surface area contributed by atoms with Crippen molar-refractivity contribution in [2.75, 3.05) is 13.7 Å². The largest absolute Gasteiger partial charge is 0.497 e. The summed E-state index contributed by atoms with van der Waals surface area (Å²) in [4.78, 5) is 11.6. The molecular weight excluding hydrogens is 295 g/mol. The molecule has 1 aliphatic rings. The quantitative estimate of drug-likeness (QED) is 0.747. The minimum absolute atomic E-state index is 0.128. The van der Waals surface area contributed by atoms with Gasteiger partial charge >= 0.3 is 0 Å². The molecule has 2 rings (SSSR count). The molecule has 0 saturated carbocycles. The molecule has 1 aromatic rings. The van der Waals surface area contributed by atoms with E-state index in [9.17, 15) is 4.79 Å². The fourth-order valence-corrected chi connectivity index (χ4v) is 2.17. The lowest BCUT2D eigenvalue weighted by Gasteiger charge is -2.18. The first-order valence-corrected chi connectivity index (χ1v) is 5.34. The first-order valence-electron chi connectivity index (χ1n) is 4.26. The van der Waals surface area contributed by atoms with Crippen LogP contribution in [0.15, 0.2) is 12.1 Å². The standard InChI is InChI=1S/C10H9IO3/c1-13-6-4-7-9(12)2-3-14-10(7)8(11)5-6/h4-5H,2-3H2,1H3. The van der Waals surface area contributed by atoms with Crippen molar-refractivity contribution in [2.24, 2.45) is 0 Å². The van der Waals surface area contributed by atoms with Gasteiger partial charge in [0, 0.05) is 6.42 Å². The fourth-order valence-electron chi connectivity index (χ4n) is 1.42. The molecule has 0 aromatic heterocycles. The summed E-state index contributed by atoms with van der Waals surface area (Å²) in [7, 11) is 1.59. The summed E-state index contributed by atoms with van der Waals surface area (Å²) in [6.07, 6.45) is 0.455. The maximum Gasteiger partial charge on any atom is 0.170 e. The van der Waals surface area contributed by atoms with Crippen LogP contribution in [-0.2, 0) is 0 Å². The predicted octanol–water partition coefficient (Wildman–Crippen LogP) is 2.27. The van der Waals surface area contributed by atoms with Gasteiger partial charge in [-0.3, -0.25) is 4.79 Å². The van der Waals surface area contributed by atoms with Crippen LogP contribution in [0.25, 0.3) is 0 Å². The molecular formula is C10H9IO3. The van der Waals surface area contributed by atoms with E-state index >= 15 is 0 Å². The van der Waals surface area contributed by atoms with Gasteiger partial charge in [-0.25, -0.2) is 0 Å². The van der Waals surface area contributed by atoms with Crippen molar-refractivity contribution in [3.63, 3.8) is 0 Å². The molecule has 0 bridgehead atoms. The van der Waals surface area contributed by atoms with E-state index in [0.717, 1.165) is 3.57 Å². The number of benzene rings is 1. The molecule has 0 fully saturated rings. The Labute approximate surface area is 95.5 Å². The van der Waals surface area contributed by atoms with E-state index < -0.39 is 0 Å². The van der Waals surface area contributed by atoms with E-state index in [4.69, 9.17) is 9.47 Å². The molecule has 0 saturated heterocycles. The van der Waals surface area contributed by atoms with Crippen LogP contribution in [0.1, 0.15) is 16.8 Å². The second-order valence-corrected chi connectivity index (χ2v) is 4.17. The lowest BCUT2D eigenvalue weighted by Crippen LogP contribution is -2.16. The Morgan fingerprint density at radius 3 is 3.00 bits per heavy atom. The maximum absolute atomic E-state index is 11.6. The van der Waals surface area contributed by atoms with Crippen LogP contribution in [0.3, 0.4) is 0 Å². The highest BCUT2D eigenvalue weighted by Gasteiger charge is 2.21. The fraction of sp³-hybridized carbons (Fsp3) is 0.300. The third kappa shape index (κ3) is 1.58. The van der Waals surface area contributed by atoms with Gasteiger partial charge < -0.3 is 9.47 Å². The van der Waals surface area contributed by atoms with E-state index in [2.05, 4.69) is 22.6 Å². The van der Waals surface area contributed by atoms with Gasteiger partial charge in [0.1, 0.15) is 11.5 Å². The van der Waals surface area contributed by atoms with Crippen LogP contribution >= 0.6 is 22.6 Å². The number of hydrogen-bond acceptors (Lipinski definition) is 3. The molecule has 0 amide bonds. The number of halogens is 1. The molecule has 3 nitrogen and oxygen atoms in total. The number of Topliss-reactive ketones (excluding diaryl/α,β-unsaturated/α-hetero) is 1. The minimum atomic E-state index is 0.128. The molecule has 1 aromatic carbocycles.